The van der Waals surface area contributed by atoms with Gasteiger partial charge in [0.1, 0.15) is 0 Å². The molecule has 1 rings (SSSR count). The summed E-state index contributed by atoms with van der Waals surface area (Å²) in [6.45, 7) is 0. The highest BCUT2D eigenvalue weighted by molar-refractivity contribution is 6.34. The molecule has 0 aliphatic rings. The molecule has 0 saturated heterocycles. The van der Waals surface area contributed by atoms with Gasteiger partial charge in [-0.2, -0.15) is 13.2 Å². The molecule has 0 aliphatic carbocycles. The van der Waals surface area contributed by atoms with Crippen molar-refractivity contribution in [3.63, 3.8) is 0 Å². The number of hydrogen-bond acceptors (Lipinski definition) is 0. The first-order valence-corrected chi connectivity index (χ1v) is 4.67. The Morgan fingerprint density at radius 3 is 2.21 bits per heavy atom. The molecule has 1 aromatic rings. The first-order valence-electron chi connectivity index (χ1n) is 3.48. The summed E-state index contributed by atoms with van der Waals surface area (Å²) in [4.78, 5) is 0. The largest absolute Gasteiger partial charge is 0.408 e. The van der Waals surface area contributed by atoms with E-state index in [-0.39, 0.29) is 15.6 Å². The Labute approximate surface area is 93.6 Å². The molecular weight excluding hydrogens is 259 g/mol. The van der Waals surface area contributed by atoms with Crippen LogP contribution in [0.15, 0.2) is 18.2 Å². The zero-order valence-corrected chi connectivity index (χ0v) is 8.84. The average Bonchev–Trinajstić information content (AvgIpc) is 2.06. The van der Waals surface area contributed by atoms with Crippen LogP contribution in [-0.4, -0.2) is 6.18 Å². The number of halogens is 6. The number of rotatable bonds is 1. The topological polar surface area (TPSA) is 0 Å². The van der Waals surface area contributed by atoms with Crippen LogP contribution in [0.3, 0.4) is 0 Å². The van der Waals surface area contributed by atoms with E-state index in [2.05, 4.69) is 0 Å². The fraction of sp³-hybridized carbons (Fsp3) is 0.250. The van der Waals surface area contributed by atoms with E-state index in [1.807, 2.05) is 0 Å². The summed E-state index contributed by atoms with van der Waals surface area (Å²) in [6, 6.07) is 3.78. The van der Waals surface area contributed by atoms with Crippen molar-refractivity contribution in [3.05, 3.63) is 33.8 Å². The van der Waals surface area contributed by atoms with E-state index < -0.39 is 11.6 Å². The van der Waals surface area contributed by atoms with E-state index in [1.165, 1.54) is 12.1 Å². The van der Waals surface area contributed by atoms with Gasteiger partial charge in [-0.3, -0.25) is 0 Å². The lowest BCUT2D eigenvalue weighted by Crippen LogP contribution is -2.15. The number of hydrogen-bond donors (Lipinski definition) is 0. The number of alkyl halides is 4. The molecule has 0 bridgehead atoms. The Bertz CT molecular complexity index is 335. The van der Waals surface area contributed by atoms with E-state index in [0.717, 1.165) is 6.07 Å². The van der Waals surface area contributed by atoms with E-state index in [0.29, 0.717) is 0 Å². The van der Waals surface area contributed by atoms with Crippen LogP contribution in [0.2, 0.25) is 10.0 Å². The highest BCUT2D eigenvalue weighted by atomic mass is 35.5. The minimum absolute atomic E-state index is 0.0493. The molecule has 0 nitrogen and oxygen atoms in total. The van der Waals surface area contributed by atoms with Gasteiger partial charge in [-0.05, 0) is 23.8 Å². The Kier molecular flexibility index (Phi) is 3.56. The first kappa shape index (κ1) is 12.0. The molecule has 0 aliphatic heterocycles. The van der Waals surface area contributed by atoms with Crippen LogP contribution < -0.4 is 0 Å². The standard InChI is InChI=1S/C8H4Cl3F3/c9-4-1-2-6(10)5(3-4)7(11)8(12,13)14/h1-3,7H. The summed E-state index contributed by atoms with van der Waals surface area (Å²) in [7, 11) is 0. The molecule has 1 aromatic carbocycles. The molecule has 1 unspecified atom stereocenters. The highest BCUT2D eigenvalue weighted by Crippen LogP contribution is 2.41. The van der Waals surface area contributed by atoms with E-state index in [9.17, 15) is 13.2 Å². The molecule has 0 N–H and O–H groups in total. The van der Waals surface area contributed by atoms with Crippen molar-refractivity contribution in [1.82, 2.24) is 0 Å². The van der Waals surface area contributed by atoms with Crippen LogP contribution in [-0.2, 0) is 0 Å². The average molecular weight is 263 g/mol. The number of benzene rings is 1. The van der Waals surface area contributed by atoms with Gasteiger partial charge in [0, 0.05) is 10.0 Å². The normalized spacial score (nSPS) is 14.1. The third kappa shape index (κ3) is 2.69. The maximum Gasteiger partial charge on any atom is 0.408 e. The van der Waals surface area contributed by atoms with Gasteiger partial charge in [-0.1, -0.05) is 23.2 Å². The molecule has 1 atom stereocenters. The fourth-order valence-corrected chi connectivity index (χ4v) is 1.53. The van der Waals surface area contributed by atoms with E-state index >= 15 is 0 Å². The summed E-state index contributed by atoms with van der Waals surface area (Å²) >= 11 is 16.3. The van der Waals surface area contributed by atoms with Crippen LogP contribution in [0.4, 0.5) is 13.2 Å². The van der Waals surface area contributed by atoms with Crippen molar-refractivity contribution in [3.8, 4) is 0 Å². The molecule has 0 spiro atoms. The molecule has 0 fully saturated rings. The van der Waals surface area contributed by atoms with Crippen molar-refractivity contribution in [2.45, 2.75) is 11.6 Å². The van der Waals surface area contributed by atoms with Gasteiger partial charge in [0.25, 0.3) is 0 Å². The van der Waals surface area contributed by atoms with Crippen LogP contribution in [0.1, 0.15) is 10.9 Å². The minimum atomic E-state index is -4.53. The Balaban J connectivity index is 3.12. The molecule has 0 radical (unpaired) electrons. The summed E-state index contributed by atoms with van der Waals surface area (Å²) in [6.07, 6.45) is -4.53. The lowest BCUT2D eigenvalue weighted by atomic mass is 10.1. The van der Waals surface area contributed by atoms with Crippen LogP contribution >= 0.6 is 34.8 Å². The maximum absolute atomic E-state index is 12.2. The predicted octanol–water partition coefficient (Wildman–Crippen LogP) is 4.84. The third-order valence-corrected chi connectivity index (χ3v) is 2.58. The molecule has 78 valence electrons. The van der Waals surface area contributed by atoms with Crippen molar-refractivity contribution >= 4 is 34.8 Å². The van der Waals surface area contributed by atoms with Gasteiger partial charge < -0.3 is 0 Å². The zero-order valence-electron chi connectivity index (χ0n) is 6.58. The lowest BCUT2D eigenvalue weighted by Gasteiger charge is -2.15. The second kappa shape index (κ2) is 4.17. The summed E-state index contributed by atoms with van der Waals surface area (Å²) < 4.78 is 36.6. The van der Waals surface area contributed by atoms with Crippen molar-refractivity contribution < 1.29 is 13.2 Å². The Morgan fingerprint density at radius 2 is 1.71 bits per heavy atom. The minimum Gasteiger partial charge on any atom is -0.169 e. The Morgan fingerprint density at radius 1 is 1.14 bits per heavy atom. The monoisotopic (exact) mass is 262 g/mol. The third-order valence-electron chi connectivity index (χ3n) is 1.52. The lowest BCUT2D eigenvalue weighted by molar-refractivity contribution is -0.131. The molecular formula is C8H4Cl3F3. The smallest absolute Gasteiger partial charge is 0.169 e. The van der Waals surface area contributed by atoms with Gasteiger partial charge in [-0.25, -0.2) is 0 Å². The maximum atomic E-state index is 12.2. The predicted molar refractivity (Wildman–Crippen MR) is 51.1 cm³/mol. The summed E-state index contributed by atoms with van der Waals surface area (Å²) in [5.74, 6) is 0. The van der Waals surface area contributed by atoms with Crippen molar-refractivity contribution in [2.24, 2.45) is 0 Å². The molecule has 0 amide bonds. The summed E-state index contributed by atoms with van der Waals surface area (Å²) in [5.41, 5.74) is -0.228. The molecule has 14 heavy (non-hydrogen) atoms. The van der Waals surface area contributed by atoms with Gasteiger partial charge in [0.05, 0.1) is 0 Å². The Hall–Kier alpha value is -0.120. The van der Waals surface area contributed by atoms with Gasteiger partial charge in [0.15, 0.2) is 5.38 Å². The van der Waals surface area contributed by atoms with Crippen LogP contribution in [0.25, 0.3) is 0 Å². The summed E-state index contributed by atoms with van der Waals surface area (Å²) in [5, 5.41) is -2.01. The second-order valence-electron chi connectivity index (χ2n) is 2.57. The van der Waals surface area contributed by atoms with Crippen molar-refractivity contribution in [2.75, 3.05) is 0 Å². The molecule has 6 heteroatoms. The first-order chi connectivity index (χ1) is 6.32. The van der Waals surface area contributed by atoms with Gasteiger partial charge >= 0.3 is 6.18 Å². The van der Waals surface area contributed by atoms with Gasteiger partial charge in [0.2, 0.25) is 0 Å². The van der Waals surface area contributed by atoms with Crippen LogP contribution in [0, 0.1) is 0 Å². The quantitative estimate of drug-likeness (QED) is 0.636. The van der Waals surface area contributed by atoms with E-state index in [1.54, 1.807) is 0 Å². The van der Waals surface area contributed by atoms with Crippen molar-refractivity contribution in [1.29, 1.82) is 0 Å². The SMILES string of the molecule is FC(F)(F)C(Cl)c1cc(Cl)ccc1Cl. The fourth-order valence-electron chi connectivity index (χ4n) is 0.885. The molecule has 0 heterocycles. The van der Waals surface area contributed by atoms with Crippen LogP contribution in [0.5, 0.6) is 0 Å². The van der Waals surface area contributed by atoms with E-state index in [4.69, 9.17) is 34.8 Å². The van der Waals surface area contributed by atoms with Gasteiger partial charge in [-0.15, -0.1) is 11.6 Å². The molecule has 0 saturated carbocycles. The zero-order chi connectivity index (χ0) is 10.9. The second-order valence-corrected chi connectivity index (χ2v) is 3.85. The highest BCUT2D eigenvalue weighted by Gasteiger charge is 2.40. The molecule has 0 aromatic heterocycles.